The van der Waals surface area contributed by atoms with E-state index in [1.165, 1.54) is 16.8 Å². The maximum Gasteiger partial charge on any atom is 0.270 e. The van der Waals surface area contributed by atoms with Crippen LogP contribution in [0.1, 0.15) is 63.4 Å². The van der Waals surface area contributed by atoms with Crippen LogP contribution in [0.25, 0.3) is 11.0 Å². The van der Waals surface area contributed by atoms with Crippen molar-refractivity contribution in [1.29, 1.82) is 10.5 Å². The minimum absolute atomic E-state index is 0.00329. The molecule has 0 radical (unpaired) electrons. The van der Waals surface area contributed by atoms with Crippen molar-refractivity contribution < 1.29 is 9.23 Å². The van der Waals surface area contributed by atoms with E-state index in [4.69, 9.17) is 4.84 Å². The van der Waals surface area contributed by atoms with Crippen molar-refractivity contribution in [2.24, 2.45) is 18.1 Å². The minimum Gasteiger partial charge on any atom is -0.390 e. The van der Waals surface area contributed by atoms with E-state index in [1.54, 1.807) is 25.2 Å². The van der Waals surface area contributed by atoms with Crippen molar-refractivity contribution in [2.45, 2.75) is 58.1 Å². The van der Waals surface area contributed by atoms with Crippen LogP contribution in [0.3, 0.4) is 0 Å². The summed E-state index contributed by atoms with van der Waals surface area (Å²) in [7, 11) is 3.46. The van der Waals surface area contributed by atoms with Crippen LogP contribution in [0, 0.1) is 34.4 Å². The molecule has 0 amide bonds. The molecule has 1 aliphatic rings. The van der Waals surface area contributed by atoms with E-state index in [0.717, 1.165) is 25.7 Å². The number of aryl methyl sites for hydroxylation is 1. The third-order valence-corrected chi connectivity index (χ3v) is 6.83. The Morgan fingerprint density at radius 1 is 1.16 bits per heavy atom. The Bertz CT molecular complexity index is 1520. The molecule has 3 heterocycles. The SMILES string of the molecule is CN(c1c(C#N)c(=O)n(C)c2ccc(C#N)nc12)C1CCC(/C(=N/OC(C)(C)C)c2ccc(F)cn2)CC1. The maximum atomic E-state index is 13.5. The molecule has 0 saturated heterocycles. The number of halogens is 1. The first kappa shape index (κ1) is 26.7. The van der Waals surface area contributed by atoms with E-state index in [2.05, 4.69) is 21.2 Å². The fourth-order valence-electron chi connectivity index (χ4n) is 4.86. The van der Waals surface area contributed by atoms with Crippen molar-refractivity contribution >= 4 is 22.4 Å². The number of nitrogens with zero attached hydrogens (tertiary/aromatic N) is 7. The zero-order valence-electron chi connectivity index (χ0n) is 22.2. The fraction of sp³-hybridized carbons (Fsp3) is 0.429. The van der Waals surface area contributed by atoms with Gasteiger partial charge in [-0.05, 0) is 70.7 Å². The maximum absolute atomic E-state index is 13.5. The summed E-state index contributed by atoms with van der Waals surface area (Å²) in [5, 5.41) is 23.7. The summed E-state index contributed by atoms with van der Waals surface area (Å²) < 4.78 is 14.9. The van der Waals surface area contributed by atoms with Gasteiger partial charge in [0.1, 0.15) is 46.0 Å². The van der Waals surface area contributed by atoms with Gasteiger partial charge in [0, 0.05) is 26.1 Å². The van der Waals surface area contributed by atoms with Crippen molar-refractivity contribution in [1.82, 2.24) is 14.5 Å². The molecule has 3 aromatic heterocycles. The standard InChI is InChI=1S/C28H30FN7O2/c1-28(2,3)38-34-24(22-12-8-18(29)16-32-22)17-6-10-20(11-7-17)35(4)26-21(15-31)27(37)36(5)23-13-9-19(14-30)33-25(23)26/h8-9,12-13,16-17,20H,6-7,10-11H2,1-5H3/b34-24-. The smallest absolute Gasteiger partial charge is 0.270 e. The first-order chi connectivity index (χ1) is 18.0. The number of fused-ring (bicyclic) bond motifs is 1. The third kappa shape index (κ3) is 5.35. The molecule has 3 aromatic rings. The highest BCUT2D eigenvalue weighted by atomic mass is 19.1. The quantitative estimate of drug-likeness (QED) is 0.364. The van der Waals surface area contributed by atoms with Crippen LogP contribution >= 0.6 is 0 Å². The normalized spacial score (nSPS) is 18.1. The fourth-order valence-corrected chi connectivity index (χ4v) is 4.86. The molecular formula is C28H30FN7O2. The average Bonchev–Trinajstić information content (AvgIpc) is 2.90. The molecule has 1 aliphatic carbocycles. The molecule has 38 heavy (non-hydrogen) atoms. The third-order valence-electron chi connectivity index (χ3n) is 6.83. The Kier molecular flexibility index (Phi) is 7.45. The number of pyridine rings is 3. The van der Waals surface area contributed by atoms with Gasteiger partial charge in [-0.15, -0.1) is 0 Å². The minimum atomic E-state index is -0.494. The zero-order valence-corrected chi connectivity index (χ0v) is 22.2. The molecule has 0 spiro atoms. The van der Waals surface area contributed by atoms with Gasteiger partial charge in [-0.2, -0.15) is 10.5 Å². The van der Waals surface area contributed by atoms with Gasteiger partial charge in [-0.1, -0.05) is 5.16 Å². The second-order valence-corrected chi connectivity index (χ2v) is 10.5. The van der Waals surface area contributed by atoms with Gasteiger partial charge in [0.25, 0.3) is 5.56 Å². The van der Waals surface area contributed by atoms with E-state index in [-0.39, 0.29) is 23.2 Å². The first-order valence-electron chi connectivity index (χ1n) is 12.5. The summed E-state index contributed by atoms with van der Waals surface area (Å²) in [6, 6.07) is 10.4. The second-order valence-electron chi connectivity index (χ2n) is 10.5. The topological polar surface area (TPSA) is 120 Å². The average molecular weight is 516 g/mol. The highest BCUT2D eigenvalue weighted by molar-refractivity contribution is 6.00. The predicted octanol–water partition coefficient (Wildman–Crippen LogP) is 4.43. The molecule has 0 N–H and O–H groups in total. The monoisotopic (exact) mass is 515 g/mol. The molecule has 0 unspecified atom stereocenters. The summed E-state index contributed by atoms with van der Waals surface area (Å²) in [6.45, 7) is 5.72. The van der Waals surface area contributed by atoms with Crippen LogP contribution < -0.4 is 10.5 Å². The number of oxime groups is 1. The van der Waals surface area contributed by atoms with Crippen LogP contribution in [-0.4, -0.2) is 38.9 Å². The summed E-state index contributed by atoms with van der Waals surface area (Å²) >= 11 is 0. The molecule has 0 bridgehead atoms. The van der Waals surface area contributed by atoms with Crippen LogP contribution in [0.5, 0.6) is 0 Å². The van der Waals surface area contributed by atoms with Gasteiger partial charge in [0.05, 0.1) is 23.1 Å². The summed E-state index contributed by atoms with van der Waals surface area (Å²) in [5.41, 5.74) is 2.01. The van der Waals surface area contributed by atoms with Gasteiger partial charge in [-0.3, -0.25) is 9.78 Å². The highest BCUT2D eigenvalue weighted by Crippen LogP contribution is 2.35. The Labute approximate surface area is 220 Å². The van der Waals surface area contributed by atoms with Crippen LogP contribution in [0.15, 0.2) is 40.4 Å². The van der Waals surface area contributed by atoms with Gasteiger partial charge in [0.2, 0.25) is 0 Å². The van der Waals surface area contributed by atoms with E-state index in [9.17, 15) is 19.7 Å². The van der Waals surface area contributed by atoms with Crippen molar-refractivity contribution in [3.63, 3.8) is 0 Å². The van der Waals surface area contributed by atoms with Gasteiger partial charge in [-0.25, -0.2) is 9.37 Å². The van der Waals surface area contributed by atoms with E-state index in [1.807, 2.05) is 38.8 Å². The van der Waals surface area contributed by atoms with E-state index < -0.39 is 17.0 Å². The lowest BCUT2D eigenvalue weighted by Gasteiger charge is -2.37. The first-order valence-corrected chi connectivity index (χ1v) is 12.5. The molecular weight excluding hydrogens is 485 g/mol. The predicted molar refractivity (Wildman–Crippen MR) is 142 cm³/mol. The van der Waals surface area contributed by atoms with Crippen LogP contribution in [0.2, 0.25) is 0 Å². The second kappa shape index (κ2) is 10.6. The van der Waals surface area contributed by atoms with Crippen molar-refractivity contribution in [3.05, 3.63) is 63.6 Å². The number of aromatic nitrogens is 3. The summed E-state index contributed by atoms with van der Waals surface area (Å²) in [4.78, 5) is 29.4. The van der Waals surface area contributed by atoms with Gasteiger partial charge >= 0.3 is 0 Å². The zero-order chi connectivity index (χ0) is 27.6. The van der Waals surface area contributed by atoms with Crippen LogP contribution in [0.4, 0.5) is 10.1 Å². The van der Waals surface area contributed by atoms with Crippen molar-refractivity contribution in [3.8, 4) is 12.1 Å². The number of hydrogen-bond donors (Lipinski definition) is 0. The highest BCUT2D eigenvalue weighted by Gasteiger charge is 2.32. The lowest BCUT2D eigenvalue weighted by molar-refractivity contribution is -0.0000736. The molecule has 9 nitrogen and oxygen atoms in total. The number of hydrogen-bond acceptors (Lipinski definition) is 8. The Hall–Kier alpha value is -4.31. The summed E-state index contributed by atoms with van der Waals surface area (Å²) in [6.07, 6.45) is 4.17. The van der Waals surface area contributed by atoms with E-state index >= 15 is 0 Å². The molecule has 1 fully saturated rings. The van der Waals surface area contributed by atoms with E-state index in [0.29, 0.717) is 28.1 Å². The van der Waals surface area contributed by atoms with Crippen molar-refractivity contribution in [2.75, 3.05) is 11.9 Å². The van der Waals surface area contributed by atoms with Gasteiger partial charge in [0.15, 0.2) is 0 Å². The van der Waals surface area contributed by atoms with Crippen LogP contribution in [-0.2, 0) is 11.9 Å². The number of nitriles is 2. The Morgan fingerprint density at radius 2 is 1.87 bits per heavy atom. The molecule has 0 aliphatic heterocycles. The summed E-state index contributed by atoms with van der Waals surface area (Å²) in [5.74, 6) is -0.378. The number of anilines is 1. The largest absolute Gasteiger partial charge is 0.390 e. The lowest BCUT2D eigenvalue weighted by Crippen LogP contribution is -2.39. The number of rotatable bonds is 5. The molecule has 4 rings (SSSR count). The van der Waals surface area contributed by atoms with Gasteiger partial charge < -0.3 is 14.3 Å². The molecule has 0 atom stereocenters. The Morgan fingerprint density at radius 3 is 2.45 bits per heavy atom. The molecule has 1 saturated carbocycles. The Balaban J connectivity index is 1.66. The lowest BCUT2D eigenvalue weighted by atomic mass is 9.81. The molecule has 0 aromatic carbocycles. The molecule has 196 valence electrons. The molecule has 10 heteroatoms.